The maximum atomic E-state index is 2.32. The Morgan fingerprint density at radius 3 is 1.10 bits per heavy atom. The van der Waals surface area contributed by atoms with E-state index in [1.54, 1.807) is 0 Å². The molecule has 0 saturated heterocycles. The van der Waals surface area contributed by atoms with Crippen LogP contribution < -0.4 is 0 Å². The molecule has 6 aromatic rings. The van der Waals surface area contributed by atoms with Crippen LogP contribution >= 0.6 is 0 Å². The van der Waals surface area contributed by atoms with E-state index >= 15 is 0 Å². The van der Waals surface area contributed by atoms with E-state index in [4.69, 9.17) is 0 Å². The highest BCUT2D eigenvalue weighted by molar-refractivity contribution is 5.64. The van der Waals surface area contributed by atoms with Gasteiger partial charge >= 0.3 is 0 Å². The van der Waals surface area contributed by atoms with Crippen LogP contribution in [-0.2, 0) is 18.3 Å². The quantitative estimate of drug-likeness (QED) is 0.180. The smallest absolute Gasteiger partial charge is 0.0246 e. The van der Waals surface area contributed by atoms with Gasteiger partial charge in [-0.15, -0.1) is 0 Å². The van der Waals surface area contributed by atoms with Gasteiger partial charge < -0.3 is 0 Å². The molecular formula is C40H34. The van der Waals surface area contributed by atoms with Crippen molar-refractivity contribution in [2.75, 3.05) is 0 Å². The summed E-state index contributed by atoms with van der Waals surface area (Å²) in [6.07, 6.45) is 2.96. The minimum atomic E-state index is -0.144. The predicted octanol–water partition coefficient (Wildman–Crippen LogP) is 10.2. The second-order valence-corrected chi connectivity index (χ2v) is 10.6. The van der Waals surface area contributed by atoms with Crippen LogP contribution in [-0.4, -0.2) is 0 Å². The molecule has 194 valence electrons. The minimum Gasteiger partial charge on any atom is -0.0622 e. The lowest BCUT2D eigenvalue weighted by Gasteiger charge is -2.36. The van der Waals surface area contributed by atoms with Crippen molar-refractivity contribution in [1.29, 1.82) is 0 Å². The van der Waals surface area contributed by atoms with E-state index in [0.717, 1.165) is 19.3 Å². The van der Waals surface area contributed by atoms with Gasteiger partial charge in [-0.25, -0.2) is 0 Å². The standard InChI is InChI=1S/C40H34/c1-5-13-34(14-6-1)36-25-21-32(22-26-36)29-30-40(38-17-9-3-10-18-38,39-19-11-4-12-20-39)31-33-23-27-37(28-24-33)35-15-7-2-8-16-35/h1-28H,29-31H2. The van der Waals surface area contributed by atoms with Crippen LogP contribution in [0, 0.1) is 0 Å². The van der Waals surface area contributed by atoms with Crippen molar-refractivity contribution < 1.29 is 0 Å². The van der Waals surface area contributed by atoms with Gasteiger partial charge in [-0.05, 0) is 63.8 Å². The van der Waals surface area contributed by atoms with Gasteiger partial charge in [0.15, 0.2) is 0 Å². The number of aryl methyl sites for hydroxylation is 1. The Labute approximate surface area is 238 Å². The number of hydrogen-bond donors (Lipinski definition) is 0. The van der Waals surface area contributed by atoms with Crippen LogP contribution in [0.3, 0.4) is 0 Å². The van der Waals surface area contributed by atoms with Crippen LogP contribution in [0.15, 0.2) is 170 Å². The van der Waals surface area contributed by atoms with Gasteiger partial charge in [-0.1, -0.05) is 170 Å². The summed E-state index contributed by atoms with van der Waals surface area (Å²) in [7, 11) is 0. The zero-order valence-corrected chi connectivity index (χ0v) is 22.8. The van der Waals surface area contributed by atoms with Crippen molar-refractivity contribution in [2.24, 2.45) is 0 Å². The molecule has 0 atom stereocenters. The third-order valence-electron chi connectivity index (χ3n) is 8.12. The molecule has 0 N–H and O–H groups in total. The van der Waals surface area contributed by atoms with Crippen LogP contribution in [0.4, 0.5) is 0 Å². The Hall–Kier alpha value is -4.68. The molecule has 0 aliphatic heterocycles. The number of rotatable bonds is 9. The Bertz CT molecular complexity index is 1560. The van der Waals surface area contributed by atoms with Gasteiger partial charge in [-0.2, -0.15) is 0 Å². The fourth-order valence-corrected chi connectivity index (χ4v) is 5.91. The van der Waals surface area contributed by atoms with Gasteiger partial charge in [0, 0.05) is 5.41 Å². The average molecular weight is 515 g/mol. The van der Waals surface area contributed by atoms with Crippen LogP contribution in [0.1, 0.15) is 28.7 Å². The van der Waals surface area contributed by atoms with Crippen LogP contribution in [0.5, 0.6) is 0 Å². The molecule has 0 nitrogen and oxygen atoms in total. The maximum Gasteiger partial charge on any atom is 0.0246 e. The first-order valence-corrected chi connectivity index (χ1v) is 14.2. The van der Waals surface area contributed by atoms with E-state index in [2.05, 4.69) is 170 Å². The van der Waals surface area contributed by atoms with Crippen molar-refractivity contribution in [2.45, 2.75) is 24.7 Å². The number of benzene rings is 6. The van der Waals surface area contributed by atoms with Crippen LogP contribution in [0.2, 0.25) is 0 Å². The second kappa shape index (κ2) is 12.0. The molecule has 6 rings (SSSR count). The highest BCUT2D eigenvalue weighted by Gasteiger charge is 2.34. The molecule has 0 unspecified atom stereocenters. The first kappa shape index (κ1) is 25.6. The highest BCUT2D eigenvalue weighted by Crippen LogP contribution is 2.40. The largest absolute Gasteiger partial charge is 0.0622 e. The molecule has 0 aromatic heterocycles. The second-order valence-electron chi connectivity index (χ2n) is 10.6. The van der Waals surface area contributed by atoms with Crippen molar-refractivity contribution >= 4 is 0 Å². The van der Waals surface area contributed by atoms with Crippen molar-refractivity contribution in [3.63, 3.8) is 0 Å². The molecule has 0 bridgehead atoms. The highest BCUT2D eigenvalue weighted by atomic mass is 14.4. The van der Waals surface area contributed by atoms with E-state index in [-0.39, 0.29) is 5.41 Å². The summed E-state index contributed by atoms with van der Waals surface area (Å²) in [5, 5.41) is 0. The molecule has 6 aromatic carbocycles. The molecule has 0 aliphatic carbocycles. The zero-order valence-electron chi connectivity index (χ0n) is 22.8. The maximum absolute atomic E-state index is 2.32. The first-order valence-electron chi connectivity index (χ1n) is 14.2. The SMILES string of the molecule is c1ccc(-c2ccc(CCC(Cc3ccc(-c4ccccc4)cc3)(c3ccccc3)c3ccccc3)cc2)cc1. The molecule has 0 heteroatoms. The average Bonchev–Trinajstić information content (AvgIpc) is 3.05. The van der Waals surface area contributed by atoms with Gasteiger partial charge in [0.1, 0.15) is 0 Å². The minimum absolute atomic E-state index is 0.144. The molecule has 40 heavy (non-hydrogen) atoms. The molecule has 0 heterocycles. The summed E-state index contributed by atoms with van der Waals surface area (Å²) in [5.41, 5.74) is 10.4. The molecular weight excluding hydrogens is 480 g/mol. The van der Waals surface area contributed by atoms with Crippen LogP contribution in [0.25, 0.3) is 22.3 Å². The normalized spacial score (nSPS) is 11.3. The third-order valence-corrected chi connectivity index (χ3v) is 8.12. The van der Waals surface area contributed by atoms with Gasteiger partial charge in [0.25, 0.3) is 0 Å². The van der Waals surface area contributed by atoms with Gasteiger partial charge in [0.2, 0.25) is 0 Å². The summed E-state index contributed by atoms with van der Waals surface area (Å²) in [6.45, 7) is 0. The van der Waals surface area contributed by atoms with E-state index in [0.29, 0.717) is 0 Å². The van der Waals surface area contributed by atoms with Gasteiger partial charge in [-0.3, -0.25) is 0 Å². The Morgan fingerprint density at radius 2 is 0.675 bits per heavy atom. The molecule has 0 radical (unpaired) electrons. The van der Waals surface area contributed by atoms with Gasteiger partial charge in [0.05, 0.1) is 0 Å². The van der Waals surface area contributed by atoms with E-state index in [9.17, 15) is 0 Å². The summed E-state index contributed by atoms with van der Waals surface area (Å²) >= 11 is 0. The topological polar surface area (TPSA) is 0 Å². The molecule has 0 spiro atoms. The number of hydrogen-bond acceptors (Lipinski definition) is 0. The Balaban J connectivity index is 1.34. The van der Waals surface area contributed by atoms with Crippen molar-refractivity contribution in [3.05, 3.63) is 192 Å². The van der Waals surface area contributed by atoms with E-state index in [1.165, 1.54) is 44.5 Å². The zero-order chi connectivity index (χ0) is 27.0. The van der Waals surface area contributed by atoms with E-state index < -0.39 is 0 Å². The predicted molar refractivity (Wildman–Crippen MR) is 169 cm³/mol. The summed E-state index contributed by atoms with van der Waals surface area (Å²) in [6, 6.07) is 61.8. The Morgan fingerprint density at radius 1 is 0.325 bits per heavy atom. The lowest BCUT2D eigenvalue weighted by molar-refractivity contribution is 0.468. The lowest BCUT2D eigenvalue weighted by atomic mass is 9.67. The van der Waals surface area contributed by atoms with E-state index in [1.807, 2.05) is 0 Å². The fourth-order valence-electron chi connectivity index (χ4n) is 5.91. The molecule has 0 amide bonds. The lowest BCUT2D eigenvalue weighted by Crippen LogP contribution is -2.31. The summed E-state index contributed by atoms with van der Waals surface area (Å²) < 4.78 is 0. The molecule has 0 aliphatic rings. The third kappa shape index (κ3) is 5.67. The monoisotopic (exact) mass is 514 g/mol. The summed E-state index contributed by atoms with van der Waals surface area (Å²) in [5.74, 6) is 0. The first-order chi connectivity index (χ1) is 19.8. The molecule has 0 saturated carbocycles. The van der Waals surface area contributed by atoms with Crippen molar-refractivity contribution in [3.8, 4) is 22.3 Å². The van der Waals surface area contributed by atoms with Crippen molar-refractivity contribution in [1.82, 2.24) is 0 Å². The summed E-state index contributed by atoms with van der Waals surface area (Å²) in [4.78, 5) is 0. The molecule has 0 fully saturated rings. The Kier molecular flexibility index (Phi) is 7.69. The fraction of sp³-hybridized carbons (Fsp3) is 0.100.